The molecule has 0 spiro atoms. The fourth-order valence-corrected chi connectivity index (χ4v) is 9.80. The molecule has 5 aliphatic rings. The zero-order chi connectivity index (χ0) is 26.8. The van der Waals surface area contributed by atoms with Crippen LogP contribution in [-0.2, 0) is 0 Å². The molecule has 3 aromatic rings. The predicted molar refractivity (Wildman–Crippen MR) is 162 cm³/mol. The Morgan fingerprint density at radius 1 is 0.650 bits per heavy atom. The Morgan fingerprint density at radius 3 is 1.93 bits per heavy atom. The lowest BCUT2D eigenvalue weighted by Gasteiger charge is -2.62. The van der Waals surface area contributed by atoms with Crippen LogP contribution in [0.4, 0.5) is 0 Å². The highest BCUT2D eigenvalue weighted by Crippen LogP contribution is 2.59. The number of nitrogens with one attached hydrogen (secondary N) is 3. The maximum absolute atomic E-state index is 4.27. The number of hydrogen-bond acceptors (Lipinski definition) is 4. The summed E-state index contributed by atoms with van der Waals surface area (Å²) in [4.78, 5) is 3.01. The number of fused-ring (bicyclic) bond motifs is 5. The topological polar surface area (TPSA) is 39.3 Å². The SMILES string of the molecule is CC1(C)C2CC(c3ccccc3)CNC2N2C3CCC(c4ccccc4)NC3C3NC(c4ccccc4)CC1C32. The average Bonchev–Trinajstić information content (AvgIpc) is 3.34. The van der Waals surface area contributed by atoms with Gasteiger partial charge < -0.3 is 16.0 Å². The minimum atomic E-state index is 0.256. The molecule has 5 heterocycles. The third-order valence-electron chi connectivity index (χ3n) is 11.7. The van der Waals surface area contributed by atoms with Gasteiger partial charge in [0.2, 0.25) is 0 Å². The van der Waals surface area contributed by atoms with Gasteiger partial charge in [0.25, 0.3) is 0 Å². The van der Waals surface area contributed by atoms with E-state index in [0.29, 0.717) is 60.2 Å². The molecule has 10 unspecified atom stereocenters. The summed E-state index contributed by atoms with van der Waals surface area (Å²) in [6, 6.07) is 36.6. The first-order valence-electron chi connectivity index (χ1n) is 15.8. The van der Waals surface area contributed by atoms with Crippen LogP contribution in [-0.4, -0.2) is 41.8 Å². The van der Waals surface area contributed by atoms with Gasteiger partial charge in [-0.3, -0.25) is 4.90 Å². The van der Waals surface area contributed by atoms with Crippen molar-refractivity contribution >= 4 is 0 Å². The van der Waals surface area contributed by atoms with Crippen LogP contribution in [0, 0.1) is 17.3 Å². The molecule has 4 nitrogen and oxygen atoms in total. The van der Waals surface area contributed by atoms with E-state index in [9.17, 15) is 0 Å². The highest BCUT2D eigenvalue weighted by atomic mass is 15.4. The number of piperidine rings is 4. The summed E-state index contributed by atoms with van der Waals surface area (Å²) in [5.74, 6) is 1.88. The quantitative estimate of drug-likeness (QED) is 0.386. The van der Waals surface area contributed by atoms with Gasteiger partial charge in [0.05, 0.1) is 6.17 Å². The van der Waals surface area contributed by atoms with Crippen LogP contribution < -0.4 is 16.0 Å². The standard InChI is InChI=1S/C36H44N4/c1-36(2)27-21-30(25-16-10-5-11-17-25)39-33-32-31(19-18-29(38-32)24-14-8-4-9-15-24)40(34(27)33)35-28(36)20-26(22-37-35)23-12-6-3-7-13-23/h3-17,26-35,37-39H,18-22H2,1-2H3. The van der Waals surface area contributed by atoms with Crippen LogP contribution in [0.25, 0.3) is 0 Å². The van der Waals surface area contributed by atoms with Crippen LogP contribution in [0.1, 0.15) is 74.2 Å². The molecule has 5 fully saturated rings. The monoisotopic (exact) mass is 532 g/mol. The smallest absolute Gasteiger partial charge is 0.0638 e. The number of nitrogens with zero attached hydrogens (tertiary/aromatic N) is 1. The van der Waals surface area contributed by atoms with Crippen molar-refractivity contribution in [3.05, 3.63) is 108 Å². The summed E-state index contributed by atoms with van der Waals surface area (Å²) < 4.78 is 0. The summed E-state index contributed by atoms with van der Waals surface area (Å²) in [5.41, 5.74) is 4.65. The molecule has 0 saturated carbocycles. The van der Waals surface area contributed by atoms with Crippen molar-refractivity contribution < 1.29 is 0 Å². The average molecular weight is 533 g/mol. The second-order valence-corrected chi connectivity index (χ2v) is 13.9. The van der Waals surface area contributed by atoms with Crippen molar-refractivity contribution in [1.82, 2.24) is 20.9 Å². The van der Waals surface area contributed by atoms with E-state index in [1.807, 2.05) is 0 Å². The fraction of sp³-hybridized carbons (Fsp3) is 0.500. The molecule has 4 heteroatoms. The van der Waals surface area contributed by atoms with Gasteiger partial charge in [-0.05, 0) is 65.5 Å². The van der Waals surface area contributed by atoms with Crippen LogP contribution >= 0.6 is 0 Å². The summed E-state index contributed by atoms with van der Waals surface area (Å²) >= 11 is 0. The van der Waals surface area contributed by atoms with E-state index < -0.39 is 0 Å². The van der Waals surface area contributed by atoms with Crippen molar-refractivity contribution in [2.75, 3.05) is 6.54 Å². The first-order chi connectivity index (χ1) is 19.6. The Bertz CT molecular complexity index is 1310. The van der Waals surface area contributed by atoms with Crippen molar-refractivity contribution in [2.45, 2.75) is 87.9 Å². The second kappa shape index (κ2) is 9.80. The lowest BCUT2D eigenvalue weighted by molar-refractivity contribution is -0.133. The summed E-state index contributed by atoms with van der Waals surface area (Å²) in [5, 5.41) is 12.7. The Kier molecular flexibility index (Phi) is 6.18. The Morgan fingerprint density at radius 2 is 1.25 bits per heavy atom. The highest BCUT2D eigenvalue weighted by molar-refractivity contribution is 5.29. The van der Waals surface area contributed by atoms with E-state index in [-0.39, 0.29) is 5.41 Å². The Balaban J connectivity index is 1.17. The molecule has 0 aromatic heterocycles. The largest absolute Gasteiger partial charge is 0.304 e. The molecule has 0 aliphatic carbocycles. The predicted octanol–water partition coefficient (Wildman–Crippen LogP) is 6.01. The molecule has 0 radical (unpaired) electrons. The van der Waals surface area contributed by atoms with Crippen LogP contribution in [0.3, 0.4) is 0 Å². The summed E-state index contributed by atoms with van der Waals surface area (Å²) in [6.45, 7) is 6.32. The van der Waals surface area contributed by atoms with E-state index in [4.69, 9.17) is 0 Å². The molecule has 5 aliphatic heterocycles. The zero-order valence-electron chi connectivity index (χ0n) is 23.9. The van der Waals surface area contributed by atoms with Gasteiger partial charge >= 0.3 is 0 Å². The van der Waals surface area contributed by atoms with Crippen molar-refractivity contribution in [1.29, 1.82) is 0 Å². The van der Waals surface area contributed by atoms with E-state index in [1.165, 1.54) is 42.4 Å². The molecule has 40 heavy (non-hydrogen) atoms. The maximum Gasteiger partial charge on any atom is 0.0638 e. The normalized spacial score (nSPS) is 40.0. The zero-order valence-corrected chi connectivity index (χ0v) is 23.9. The lowest BCUT2D eigenvalue weighted by Crippen LogP contribution is -2.71. The Labute approximate surface area is 239 Å². The summed E-state index contributed by atoms with van der Waals surface area (Å²) in [6.07, 6.45) is 5.43. The van der Waals surface area contributed by atoms with E-state index >= 15 is 0 Å². The van der Waals surface area contributed by atoms with Crippen molar-refractivity contribution in [3.63, 3.8) is 0 Å². The molecule has 208 valence electrons. The fourth-order valence-electron chi connectivity index (χ4n) is 9.80. The minimum Gasteiger partial charge on any atom is -0.304 e. The third-order valence-corrected chi connectivity index (χ3v) is 11.7. The summed E-state index contributed by atoms with van der Waals surface area (Å²) in [7, 11) is 0. The van der Waals surface area contributed by atoms with Crippen molar-refractivity contribution in [3.8, 4) is 0 Å². The highest BCUT2D eigenvalue weighted by Gasteiger charge is 2.66. The maximum atomic E-state index is 4.27. The Hall–Kier alpha value is -2.50. The molecule has 10 atom stereocenters. The van der Waals surface area contributed by atoms with Gasteiger partial charge in [0.15, 0.2) is 0 Å². The third kappa shape index (κ3) is 3.94. The van der Waals surface area contributed by atoms with Gasteiger partial charge in [0.1, 0.15) is 0 Å². The minimum absolute atomic E-state index is 0.256. The first kappa shape index (κ1) is 25.2. The molecular weight excluding hydrogens is 488 g/mol. The molecular formula is C36H44N4. The molecule has 0 amide bonds. The van der Waals surface area contributed by atoms with Gasteiger partial charge in [-0.1, -0.05) is 105 Å². The van der Waals surface area contributed by atoms with Crippen LogP contribution in [0.2, 0.25) is 0 Å². The molecule has 5 saturated heterocycles. The molecule has 0 bridgehead atoms. The first-order valence-corrected chi connectivity index (χ1v) is 15.8. The lowest BCUT2D eigenvalue weighted by atomic mass is 9.56. The van der Waals surface area contributed by atoms with Gasteiger partial charge in [-0.2, -0.15) is 0 Å². The van der Waals surface area contributed by atoms with Crippen LogP contribution in [0.5, 0.6) is 0 Å². The van der Waals surface area contributed by atoms with Crippen LogP contribution in [0.15, 0.2) is 91.0 Å². The number of hydrogen-bond donors (Lipinski definition) is 3. The molecule has 8 rings (SSSR count). The van der Waals surface area contributed by atoms with E-state index in [2.05, 4.69) is 126 Å². The number of rotatable bonds is 3. The van der Waals surface area contributed by atoms with Gasteiger partial charge in [-0.15, -0.1) is 0 Å². The van der Waals surface area contributed by atoms with Gasteiger partial charge in [-0.25, -0.2) is 0 Å². The second-order valence-electron chi connectivity index (χ2n) is 13.9. The number of benzene rings is 3. The van der Waals surface area contributed by atoms with Gasteiger partial charge in [0, 0.05) is 42.8 Å². The molecule has 3 aromatic carbocycles. The molecule has 3 N–H and O–H groups in total. The van der Waals surface area contributed by atoms with E-state index in [0.717, 1.165) is 6.54 Å². The van der Waals surface area contributed by atoms with E-state index in [1.54, 1.807) is 0 Å². The van der Waals surface area contributed by atoms with Crippen molar-refractivity contribution in [2.24, 2.45) is 17.3 Å².